The number of carbonyl (C=O) groups is 1. The highest BCUT2D eigenvalue weighted by atomic mass is 35.5. The molecule has 1 heterocycles. The zero-order chi connectivity index (χ0) is 16.1. The Balaban J connectivity index is 2.03. The van der Waals surface area contributed by atoms with Gasteiger partial charge in [-0.05, 0) is 13.0 Å². The Morgan fingerprint density at radius 3 is 2.68 bits per heavy atom. The third-order valence-electron chi connectivity index (χ3n) is 2.66. The highest BCUT2D eigenvalue weighted by Crippen LogP contribution is 2.35. The van der Waals surface area contributed by atoms with E-state index in [1.54, 1.807) is 19.1 Å². The molecule has 2 N–H and O–H groups in total. The zero-order valence-corrected chi connectivity index (χ0v) is 13.8. The second-order valence-electron chi connectivity index (χ2n) is 4.23. The average Bonchev–Trinajstić information content (AvgIpc) is 2.91. The second kappa shape index (κ2) is 7.37. The van der Waals surface area contributed by atoms with Crippen LogP contribution in [0.5, 0.6) is 11.5 Å². The number of methoxy groups -OCH3 is 2. The van der Waals surface area contributed by atoms with E-state index in [4.69, 9.17) is 21.1 Å². The molecule has 2 rings (SSSR count). The molecule has 0 fully saturated rings. The fraction of sp³-hybridized carbons (Fsp3) is 0.308. The van der Waals surface area contributed by atoms with Gasteiger partial charge in [0.15, 0.2) is 0 Å². The molecular formula is C13H15ClN4O3S. The monoisotopic (exact) mass is 342 g/mol. The first-order valence-corrected chi connectivity index (χ1v) is 7.63. The normalized spacial score (nSPS) is 10.4. The van der Waals surface area contributed by atoms with E-state index in [1.807, 2.05) is 0 Å². The van der Waals surface area contributed by atoms with Gasteiger partial charge in [-0.15, -0.1) is 5.10 Å². The number of aromatic nitrogens is 3. The van der Waals surface area contributed by atoms with Gasteiger partial charge in [0.05, 0.1) is 30.7 Å². The summed E-state index contributed by atoms with van der Waals surface area (Å²) in [5.74, 6) is 1.60. The number of ether oxygens (including phenoxy) is 2. The summed E-state index contributed by atoms with van der Waals surface area (Å²) in [4.78, 5) is 16.1. The Morgan fingerprint density at radius 2 is 2.09 bits per heavy atom. The van der Waals surface area contributed by atoms with Crippen LogP contribution >= 0.6 is 23.4 Å². The number of rotatable bonds is 6. The summed E-state index contributed by atoms with van der Waals surface area (Å²) < 4.78 is 10.3. The van der Waals surface area contributed by atoms with E-state index in [-0.39, 0.29) is 11.7 Å². The number of aryl methyl sites for hydroxylation is 1. The number of thioether (sulfide) groups is 1. The first-order chi connectivity index (χ1) is 10.5. The maximum absolute atomic E-state index is 12.0. The highest BCUT2D eigenvalue weighted by molar-refractivity contribution is 7.99. The van der Waals surface area contributed by atoms with Crippen molar-refractivity contribution < 1.29 is 14.3 Å². The minimum atomic E-state index is -0.216. The van der Waals surface area contributed by atoms with Crippen LogP contribution in [-0.4, -0.2) is 41.1 Å². The summed E-state index contributed by atoms with van der Waals surface area (Å²) in [7, 11) is 3.01. The van der Waals surface area contributed by atoms with Crippen LogP contribution in [0.1, 0.15) is 5.82 Å². The van der Waals surface area contributed by atoms with Crippen LogP contribution < -0.4 is 14.8 Å². The molecule has 0 bridgehead atoms. The molecule has 9 heteroatoms. The van der Waals surface area contributed by atoms with Crippen LogP contribution in [0.25, 0.3) is 0 Å². The number of amides is 1. The lowest BCUT2D eigenvalue weighted by molar-refractivity contribution is -0.113. The molecule has 1 aromatic carbocycles. The summed E-state index contributed by atoms with van der Waals surface area (Å²) in [6, 6.07) is 3.20. The van der Waals surface area contributed by atoms with E-state index in [9.17, 15) is 4.79 Å². The SMILES string of the molecule is COc1cc(OC)c(NC(=O)CSc2n[nH]c(C)n2)cc1Cl. The predicted octanol–water partition coefficient (Wildman–Crippen LogP) is 2.51. The number of halogens is 1. The third kappa shape index (κ3) is 4.05. The van der Waals surface area contributed by atoms with E-state index in [1.165, 1.54) is 26.0 Å². The van der Waals surface area contributed by atoms with Crippen molar-refractivity contribution in [2.75, 3.05) is 25.3 Å². The Bertz CT molecular complexity index is 677. The Kier molecular flexibility index (Phi) is 5.51. The molecule has 0 unspecified atom stereocenters. The summed E-state index contributed by atoms with van der Waals surface area (Å²) in [5, 5.41) is 10.3. The van der Waals surface area contributed by atoms with E-state index in [0.717, 1.165) is 0 Å². The number of nitrogens with zero attached hydrogens (tertiary/aromatic N) is 2. The topological polar surface area (TPSA) is 89.1 Å². The van der Waals surface area contributed by atoms with Crippen molar-refractivity contribution in [2.45, 2.75) is 12.1 Å². The van der Waals surface area contributed by atoms with Gasteiger partial charge in [-0.25, -0.2) is 4.98 Å². The van der Waals surface area contributed by atoms with E-state index in [0.29, 0.717) is 33.2 Å². The highest BCUT2D eigenvalue weighted by Gasteiger charge is 2.13. The van der Waals surface area contributed by atoms with Gasteiger partial charge in [-0.3, -0.25) is 9.89 Å². The minimum absolute atomic E-state index is 0.171. The Labute approximate surface area is 136 Å². The van der Waals surface area contributed by atoms with Crippen molar-refractivity contribution in [2.24, 2.45) is 0 Å². The number of anilines is 1. The van der Waals surface area contributed by atoms with Gasteiger partial charge in [-0.1, -0.05) is 23.4 Å². The molecule has 7 nitrogen and oxygen atoms in total. The molecule has 1 amide bonds. The standard InChI is InChI=1S/C13H15ClN4O3S/c1-7-15-13(18-17-7)22-6-12(19)16-9-4-8(14)10(20-2)5-11(9)21-3/h4-5H,6H2,1-3H3,(H,16,19)(H,15,17,18). The predicted molar refractivity (Wildman–Crippen MR) is 85.0 cm³/mol. The van der Waals surface area contributed by atoms with Crippen molar-refractivity contribution in [1.82, 2.24) is 15.2 Å². The first kappa shape index (κ1) is 16.4. The Morgan fingerprint density at radius 1 is 1.36 bits per heavy atom. The number of H-pyrrole nitrogens is 1. The van der Waals surface area contributed by atoms with Gasteiger partial charge in [0.1, 0.15) is 17.3 Å². The van der Waals surface area contributed by atoms with Gasteiger partial charge in [0.2, 0.25) is 11.1 Å². The summed E-state index contributed by atoms with van der Waals surface area (Å²) in [5.41, 5.74) is 0.477. The van der Waals surface area contributed by atoms with E-state index < -0.39 is 0 Å². The molecule has 0 aliphatic rings. The lowest BCUT2D eigenvalue weighted by Crippen LogP contribution is -2.15. The van der Waals surface area contributed by atoms with Crippen molar-refractivity contribution in [1.29, 1.82) is 0 Å². The summed E-state index contributed by atoms with van der Waals surface area (Å²) in [6.45, 7) is 1.79. The lowest BCUT2D eigenvalue weighted by atomic mass is 10.2. The molecule has 1 aromatic heterocycles. The number of benzene rings is 1. The van der Waals surface area contributed by atoms with Gasteiger partial charge in [0.25, 0.3) is 0 Å². The molecule has 0 spiro atoms. The lowest BCUT2D eigenvalue weighted by Gasteiger charge is -2.12. The van der Waals surface area contributed by atoms with Gasteiger partial charge in [0, 0.05) is 6.07 Å². The molecule has 0 atom stereocenters. The summed E-state index contributed by atoms with van der Waals surface area (Å²) >= 11 is 7.29. The average molecular weight is 343 g/mol. The fourth-order valence-corrected chi connectivity index (χ4v) is 2.55. The number of carbonyl (C=O) groups excluding carboxylic acids is 1. The maximum Gasteiger partial charge on any atom is 0.234 e. The quantitative estimate of drug-likeness (QED) is 0.784. The van der Waals surface area contributed by atoms with E-state index in [2.05, 4.69) is 20.5 Å². The van der Waals surface area contributed by atoms with Crippen LogP contribution in [-0.2, 0) is 4.79 Å². The van der Waals surface area contributed by atoms with Crippen LogP contribution in [0, 0.1) is 6.92 Å². The molecular weight excluding hydrogens is 328 g/mol. The molecule has 2 aromatic rings. The molecule has 22 heavy (non-hydrogen) atoms. The molecule has 118 valence electrons. The van der Waals surface area contributed by atoms with Crippen LogP contribution in [0.4, 0.5) is 5.69 Å². The van der Waals surface area contributed by atoms with Gasteiger partial charge >= 0.3 is 0 Å². The fourth-order valence-electron chi connectivity index (χ4n) is 1.66. The number of aromatic amines is 1. The zero-order valence-electron chi connectivity index (χ0n) is 12.3. The van der Waals surface area contributed by atoms with Gasteiger partial charge < -0.3 is 14.8 Å². The minimum Gasteiger partial charge on any atom is -0.495 e. The first-order valence-electron chi connectivity index (χ1n) is 6.26. The van der Waals surface area contributed by atoms with Crippen molar-refractivity contribution in [3.8, 4) is 11.5 Å². The maximum atomic E-state index is 12.0. The van der Waals surface area contributed by atoms with Crippen molar-refractivity contribution in [3.05, 3.63) is 23.0 Å². The number of hydrogen-bond donors (Lipinski definition) is 2. The summed E-state index contributed by atoms with van der Waals surface area (Å²) in [6.07, 6.45) is 0. The van der Waals surface area contributed by atoms with Crippen LogP contribution in [0.15, 0.2) is 17.3 Å². The number of hydrogen-bond acceptors (Lipinski definition) is 6. The molecule has 0 radical (unpaired) electrons. The second-order valence-corrected chi connectivity index (χ2v) is 5.58. The van der Waals surface area contributed by atoms with Gasteiger partial charge in [-0.2, -0.15) is 0 Å². The molecule has 0 aliphatic heterocycles. The van der Waals surface area contributed by atoms with Crippen LogP contribution in [0.3, 0.4) is 0 Å². The van der Waals surface area contributed by atoms with Crippen LogP contribution in [0.2, 0.25) is 5.02 Å². The smallest absolute Gasteiger partial charge is 0.234 e. The molecule has 0 aliphatic carbocycles. The number of nitrogens with one attached hydrogen (secondary N) is 2. The molecule has 0 saturated heterocycles. The molecule has 0 saturated carbocycles. The largest absolute Gasteiger partial charge is 0.495 e. The Hall–Kier alpha value is -1.93. The van der Waals surface area contributed by atoms with Crippen molar-refractivity contribution in [3.63, 3.8) is 0 Å². The van der Waals surface area contributed by atoms with E-state index >= 15 is 0 Å². The van der Waals surface area contributed by atoms with Crippen molar-refractivity contribution >= 4 is 35.0 Å². The third-order valence-corrected chi connectivity index (χ3v) is 3.80.